The van der Waals surface area contributed by atoms with Crippen molar-refractivity contribution in [1.82, 2.24) is 0 Å². The zero-order valence-electron chi connectivity index (χ0n) is 12.5. The van der Waals surface area contributed by atoms with Gasteiger partial charge in [-0.1, -0.05) is 32.9 Å². The number of carbonyl (C=O) groups excluding carboxylic acids is 1. The predicted octanol–water partition coefficient (Wildman–Crippen LogP) is 3.38. The van der Waals surface area contributed by atoms with Crippen molar-refractivity contribution in [1.29, 1.82) is 0 Å². The number of rotatable bonds is 7. The van der Waals surface area contributed by atoms with E-state index in [-0.39, 0.29) is 5.97 Å². The largest absolute Gasteiger partial charge is 0.451 e. The first-order valence-electron chi connectivity index (χ1n) is 7.27. The van der Waals surface area contributed by atoms with E-state index in [1.165, 1.54) is 0 Å². The number of allylic oxidation sites excluding steroid dienone is 1. The van der Waals surface area contributed by atoms with Gasteiger partial charge in [0, 0.05) is 5.57 Å². The second kappa shape index (κ2) is 6.90. The van der Waals surface area contributed by atoms with E-state index in [4.69, 9.17) is 4.74 Å². The highest BCUT2D eigenvalue weighted by Crippen LogP contribution is 2.36. The minimum Gasteiger partial charge on any atom is -0.451 e. The molecule has 0 aromatic heterocycles. The Hall–Kier alpha value is -1.09. The molecule has 19 heavy (non-hydrogen) atoms. The maximum absolute atomic E-state index is 11.8. The molecule has 108 valence electrons. The number of cyclic esters (lactones) is 1. The third-order valence-electron chi connectivity index (χ3n) is 3.77. The standard InChI is InChI=1S/C16H26O3/c1-5-13(9-8-12(4)17)10-16(7-3)11-14(6-2)15(18)19-16/h8-9,11-13,17H,5-7,10H2,1-4H3/b9-8+/t12-,13-,16+/m0/s1. The summed E-state index contributed by atoms with van der Waals surface area (Å²) < 4.78 is 5.61. The van der Waals surface area contributed by atoms with Crippen LogP contribution in [0.5, 0.6) is 0 Å². The van der Waals surface area contributed by atoms with Crippen LogP contribution in [0.3, 0.4) is 0 Å². The molecule has 0 saturated carbocycles. The lowest BCUT2D eigenvalue weighted by Crippen LogP contribution is -2.30. The molecular formula is C16H26O3. The zero-order valence-corrected chi connectivity index (χ0v) is 12.5. The molecular weight excluding hydrogens is 240 g/mol. The summed E-state index contributed by atoms with van der Waals surface area (Å²) in [4.78, 5) is 11.8. The smallest absolute Gasteiger partial charge is 0.334 e. The molecule has 1 N–H and O–H groups in total. The fourth-order valence-electron chi connectivity index (χ4n) is 2.43. The molecule has 0 spiro atoms. The summed E-state index contributed by atoms with van der Waals surface area (Å²) in [7, 11) is 0. The monoisotopic (exact) mass is 266 g/mol. The maximum Gasteiger partial charge on any atom is 0.334 e. The highest BCUT2D eigenvalue weighted by Gasteiger charge is 2.38. The molecule has 0 saturated heterocycles. The van der Waals surface area contributed by atoms with Crippen LogP contribution in [0, 0.1) is 5.92 Å². The molecule has 0 aromatic carbocycles. The van der Waals surface area contributed by atoms with Crippen molar-refractivity contribution >= 4 is 5.97 Å². The minimum absolute atomic E-state index is 0.168. The third-order valence-corrected chi connectivity index (χ3v) is 3.77. The molecule has 0 aliphatic carbocycles. The molecule has 1 aliphatic heterocycles. The average molecular weight is 266 g/mol. The van der Waals surface area contributed by atoms with E-state index in [0.29, 0.717) is 5.92 Å². The summed E-state index contributed by atoms with van der Waals surface area (Å²) in [5.41, 5.74) is 0.336. The van der Waals surface area contributed by atoms with E-state index >= 15 is 0 Å². The van der Waals surface area contributed by atoms with Crippen LogP contribution in [-0.4, -0.2) is 22.8 Å². The molecule has 0 fully saturated rings. The Labute approximate surface area is 116 Å². The fourth-order valence-corrected chi connectivity index (χ4v) is 2.43. The van der Waals surface area contributed by atoms with E-state index in [2.05, 4.69) is 6.92 Å². The van der Waals surface area contributed by atoms with Crippen LogP contribution in [0.25, 0.3) is 0 Å². The van der Waals surface area contributed by atoms with Crippen molar-refractivity contribution in [3.8, 4) is 0 Å². The summed E-state index contributed by atoms with van der Waals surface area (Å²) in [6.07, 6.45) is 8.69. The van der Waals surface area contributed by atoms with Crippen LogP contribution in [-0.2, 0) is 9.53 Å². The van der Waals surface area contributed by atoms with Crippen LogP contribution >= 0.6 is 0 Å². The summed E-state index contributed by atoms with van der Waals surface area (Å²) in [6, 6.07) is 0. The molecule has 1 heterocycles. The molecule has 3 atom stereocenters. The number of aliphatic hydroxyl groups excluding tert-OH is 1. The molecule has 0 radical (unpaired) electrons. The molecule has 3 nitrogen and oxygen atoms in total. The fraction of sp³-hybridized carbons (Fsp3) is 0.688. The molecule has 0 bridgehead atoms. The number of hydrogen-bond donors (Lipinski definition) is 1. The van der Waals surface area contributed by atoms with Crippen LogP contribution in [0.15, 0.2) is 23.8 Å². The van der Waals surface area contributed by atoms with Gasteiger partial charge in [-0.15, -0.1) is 0 Å². The van der Waals surface area contributed by atoms with Gasteiger partial charge in [0.1, 0.15) is 5.60 Å². The molecule has 0 amide bonds. The molecule has 0 unspecified atom stereocenters. The second-order valence-corrected chi connectivity index (χ2v) is 5.33. The lowest BCUT2D eigenvalue weighted by molar-refractivity contribution is -0.147. The van der Waals surface area contributed by atoms with Gasteiger partial charge < -0.3 is 9.84 Å². The average Bonchev–Trinajstić information content (AvgIpc) is 2.71. The van der Waals surface area contributed by atoms with Gasteiger partial charge in [-0.05, 0) is 44.6 Å². The van der Waals surface area contributed by atoms with Gasteiger partial charge >= 0.3 is 5.97 Å². The van der Waals surface area contributed by atoms with Crippen molar-refractivity contribution in [2.24, 2.45) is 5.92 Å². The first-order valence-corrected chi connectivity index (χ1v) is 7.27. The van der Waals surface area contributed by atoms with Crippen LogP contribution < -0.4 is 0 Å². The lowest BCUT2D eigenvalue weighted by Gasteiger charge is -2.28. The first kappa shape index (κ1) is 16.0. The summed E-state index contributed by atoms with van der Waals surface area (Å²) >= 11 is 0. The van der Waals surface area contributed by atoms with Crippen molar-refractivity contribution in [3.63, 3.8) is 0 Å². The highest BCUT2D eigenvalue weighted by molar-refractivity contribution is 5.91. The number of ether oxygens (including phenoxy) is 1. The lowest BCUT2D eigenvalue weighted by atomic mass is 9.86. The first-order chi connectivity index (χ1) is 8.96. The number of carbonyl (C=O) groups is 1. The van der Waals surface area contributed by atoms with Gasteiger partial charge in [0.05, 0.1) is 6.10 Å². The topological polar surface area (TPSA) is 46.5 Å². The Kier molecular flexibility index (Phi) is 5.80. The third kappa shape index (κ3) is 4.20. The van der Waals surface area contributed by atoms with Gasteiger partial charge in [-0.2, -0.15) is 0 Å². The Bertz CT molecular complexity index is 368. The minimum atomic E-state index is -0.452. The highest BCUT2D eigenvalue weighted by atomic mass is 16.6. The van der Waals surface area contributed by atoms with E-state index in [1.54, 1.807) is 13.0 Å². The normalized spacial score (nSPS) is 26.4. The number of hydrogen-bond acceptors (Lipinski definition) is 3. The van der Waals surface area contributed by atoms with Crippen molar-refractivity contribution in [2.75, 3.05) is 0 Å². The van der Waals surface area contributed by atoms with Crippen LogP contribution in [0.2, 0.25) is 0 Å². The summed E-state index contributed by atoms with van der Waals surface area (Å²) in [6.45, 7) is 7.88. The Morgan fingerprint density at radius 3 is 2.47 bits per heavy atom. The summed E-state index contributed by atoms with van der Waals surface area (Å²) in [5.74, 6) is 0.147. The van der Waals surface area contributed by atoms with Crippen molar-refractivity contribution in [2.45, 2.75) is 65.1 Å². The maximum atomic E-state index is 11.8. The summed E-state index contributed by atoms with van der Waals surface area (Å²) in [5, 5.41) is 9.32. The number of esters is 1. The Balaban J connectivity index is 2.81. The van der Waals surface area contributed by atoms with E-state index < -0.39 is 11.7 Å². The van der Waals surface area contributed by atoms with Crippen LogP contribution in [0.4, 0.5) is 0 Å². The van der Waals surface area contributed by atoms with Crippen molar-refractivity contribution < 1.29 is 14.6 Å². The van der Waals surface area contributed by atoms with E-state index in [0.717, 1.165) is 31.3 Å². The molecule has 1 aliphatic rings. The Morgan fingerprint density at radius 1 is 1.37 bits per heavy atom. The van der Waals surface area contributed by atoms with Gasteiger partial charge in [0.2, 0.25) is 0 Å². The second-order valence-electron chi connectivity index (χ2n) is 5.33. The zero-order chi connectivity index (χ0) is 14.5. The SMILES string of the molecule is CCC1=C[C@@](CC)(C[C@H](/C=C/[C@H](C)O)CC)OC1=O. The van der Waals surface area contributed by atoms with Gasteiger partial charge in [-0.3, -0.25) is 0 Å². The number of aliphatic hydroxyl groups is 1. The molecule has 0 aromatic rings. The van der Waals surface area contributed by atoms with Gasteiger partial charge in [0.15, 0.2) is 0 Å². The predicted molar refractivity (Wildman–Crippen MR) is 76.7 cm³/mol. The van der Waals surface area contributed by atoms with Gasteiger partial charge in [-0.25, -0.2) is 4.79 Å². The quantitative estimate of drug-likeness (QED) is 0.567. The van der Waals surface area contributed by atoms with E-state index in [1.807, 2.05) is 26.0 Å². The van der Waals surface area contributed by atoms with Crippen LogP contribution in [0.1, 0.15) is 53.4 Å². The molecule has 1 rings (SSSR count). The van der Waals surface area contributed by atoms with Gasteiger partial charge in [0.25, 0.3) is 0 Å². The van der Waals surface area contributed by atoms with Crippen molar-refractivity contribution in [3.05, 3.63) is 23.8 Å². The molecule has 3 heteroatoms. The Morgan fingerprint density at radius 2 is 2.05 bits per heavy atom. The van der Waals surface area contributed by atoms with E-state index in [9.17, 15) is 9.90 Å².